The molecule has 1 atom stereocenters. The van der Waals surface area contributed by atoms with Crippen molar-refractivity contribution in [1.29, 1.82) is 0 Å². The van der Waals surface area contributed by atoms with Gasteiger partial charge in [-0.2, -0.15) is 0 Å². The Hall–Kier alpha value is -1.36. The predicted octanol–water partition coefficient (Wildman–Crippen LogP) is 1.50. The Morgan fingerprint density at radius 1 is 1.53 bits per heavy atom. The third kappa shape index (κ3) is 3.56. The summed E-state index contributed by atoms with van der Waals surface area (Å²) in [7, 11) is 0. The van der Waals surface area contributed by atoms with Crippen LogP contribution in [0.15, 0.2) is 4.52 Å². The van der Waals surface area contributed by atoms with Crippen molar-refractivity contribution >= 4 is 5.91 Å². The molecular formula is C14H22N2O3. The first-order chi connectivity index (χ1) is 8.90. The molecule has 2 N–H and O–H groups in total. The van der Waals surface area contributed by atoms with Crippen molar-refractivity contribution in [2.75, 3.05) is 6.54 Å². The molecule has 5 heteroatoms. The van der Waals surface area contributed by atoms with E-state index in [2.05, 4.69) is 10.5 Å². The lowest BCUT2D eigenvalue weighted by Gasteiger charge is -2.23. The highest BCUT2D eigenvalue weighted by Gasteiger charge is 2.39. The Morgan fingerprint density at radius 3 is 2.74 bits per heavy atom. The van der Waals surface area contributed by atoms with Gasteiger partial charge in [-0.3, -0.25) is 4.79 Å². The highest BCUT2D eigenvalue weighted by molar-refractivity contribution is 5.76. The van der Waals surface area contributed by atoms with Gasteiger partial charge >= 0.3 is 0 Å². The molecule has 106 valence electrons. The van der Waals surface area contributed by atoms with E-state index in [0.29, 0.717) is 25.3 Å². The van der Waals surface area contributed by atoms with Crippen LogP contribution in [0.2, 0.25) is 0 Å². The summed E-state index contributed by atoms with van der Waals surface area (Å²) >= 11 is 0. The number of aryl methyl sites for hydroxylation is 2. The van der Waals surface area contributed by atoms with Crippen LogP contribution in [0.5, 0.6) is 0 Å². The van der Waals surface area contributed by atoms with Gasteiger partial charge in [0, 0.05) is 18.5 Å². The Labute approximate surface area is 113 Å². The van der Waals surface area contributed by atoms with Gasteiger partial charge in [-0.05, 0) is 46.0 Å². The summed E-state index contributed by atoms with van der Waals surface area (Å²) in [6.07, 6.45) is 3.13. The van der Waals surface area contributed by atoms with E-state index in [-0.39, 0.29) is 5.91 Å². The summed E-state index contributed by atoms with van der Waals surface area (Å²) in [5.41, 5.74) is 1.08. The number of nitrogens with zero attached hydrogens (tertiary/aromatic N) is 1. The van der Waals surface area contributed by atoms with E-state index in [9.17, 15) is 9.90 Å². The lowest BCUT2D eigenvalue weighted by atomic mass is 10.0. The lowest BCUT2D eigenvalue weighted by Crippen LogP contribution is -2.42. The van der Waals surface area contributed by atoms with Crippen LogP contribution in [0.25, 0.3) is 0 Å². The molecule has 1 aromatic rings. The van der Waals surface area contributed by atoms with E-state index in [1.165, 1.54) is 0 Å². The molecule has 0 aromatic carbocycles. The number of carbonyl (C=O) groups excluding carboxylic acids is 1. The molecule has 19 heavy (non-hydrogen) atoms. The highest BCUT2D eigenvalue weighted by Crippen LogP contribution is 2.38. The molecule has 0 spiro atoms. The molecule has 1 fully saturated rings. The fourth-order valence-corrected chi connectivity index (χ4v) is 2.31. The van der Waals surface area contributed by atoms with Gasteiger partial charge in [-0.25, -0.2) is 0 Å². The highest BCUT2D eigenvalue weighted by atomic mass is 16.5. The quantitative estimate of drug-likeness (QED) is 0.818. The topological polar surface area (TPSA) is 75.4 Å². The smallest absolute Gasteiger partial charge is 0.220 e. The number of hydrogen-bond acceptors (Lipinski definition) is 4. The zero-order chi connectivity index (χ0) is 14.0. The second-order valence-electron chi connectivity index (χ2n) is 5.71. The zero-order valence-electron chi connectivity index (χ0n) is 11.8. The van der Waals surface area contributed by atoms with Crippen LogP contribution in [0.1, 0.15) is 43.2 Å². The van der Waals surface area contributed by atoms with Gasteiger partial charge in [-0.1, -0.05) is 5.16 Å². The fourth-order valence-electron chi connectivity index (χ4n) is 2.31. The number of amides is 1. The van der Waals surface area contributed by atoms with Crippen molar-refractivity contribution in [3.05, 3.63) is 17.0 Å². The minimum Gasteiger partial charge on any atom is -0.388 e. The molecule has 1 aromatic heterocycles. The van der Waals surface area contributed by atoms with E-state index in [4.69, 9.17) is 4.52 Å². The molecule has 0 saturated heterocycles. The molecule has 1 amide bonds. The van der Waals surface area contributed by atoms with E-state index in [1.54, 1.807) is 6.92 Å². The Morgan fingerprint density at radius 2 is 2.21 bits per heavy atom. The van der Waals surface area contributed by atoms with Gasteiger partial charge < -0.3 is 14.9 Å². The van der Waals surface area contributed by atoms with Crippen molar-refractivity contribution in [2.24, 2.45) is 5.92 Å². The number of nitrogens with one attached hydrogen (secondary N) is 1. The summed E-state index contributed by atoms with van der Waals surface area (Å²) in [5.74, 6) is 1.08. The Kier molecular flexibility index (Phi) is 3.94. The molecule has 0 aliphatic heterocycles. The summed E-state index contributed by atoms with van der Waals surface area (Å²) < 4.78 is 5.06. The van der Waals surface area contributed by atoms with Crippen molar-refractivity contribution in [3.63, 3.8) is 0 Å². The van der Waals surface area contributed by atoms with E-state index < -0.39 is 5.60 Å². The van der Waals surface area contributed by atoms with Crippen molar-refractivity contribution < 1.29 is 14.4 Å². The SMILES string of the molecule is Cc1noc(C)c1CCC(=O)NC[C@](C)(O)C1CC1. The summed E-state index contributed by atoms with van der Waals surface area (Å²) in [5, 5.41) is 16.8. The average molecular weight is 266 g/mol. The largest absolute Gasteiger partial charge is 0.388 e. The van der Waals surface area contributed by atoms with Crippen LogP contribution >= 0.6 is 0 Å². The summed E-state index contributed by atoms with van der Waals surface area (Å²) in [4.78, 5) is 11.8. The maximum absolute atomic E-state index is 11.8. The summed E-state index contributed by atoms with van der Waals surface area (Å²) in [6.45, 7) is 5.85. The van der Waals surface area contributed by atoms with Crippen LogP contribution in [-0.2, 0) is 11.2 Å². The van der Waals surface area contributed by atoms with Crippen LogP contribution in [0.4, 0.5) is 0 Å². The first-order valence-corrected chi connectivity index (χ1v) is 6.81. The Balaban J connectivity index is 1.76. The minimum absolute atomic E-state index is 0.0408. The molecule has 0 unspecified atom stereocenters. The van der Waals surface area contributed by atoms with E-state index >= 15 is 0 Å². The van der Waals surface area contributed by atoms with E-state index in [0.717, 1.165) is 29.9 Å². The number of rotatable bonds is 6. The number of carbonyl (C=O) groups is 1. The van der Waals surface area contributed by atoms with Crippen LogP contribution in [0, 0.1) is 19.8 Å². The fraction of sp³-hybridized carbons (Fsp3) is 0.714. The van der Waals surface area contributed by atoms with Gasteiger partial charge in [0.2, 0.25) is 5.91 Å². The molecule has 0 radical (unpaired) electrons. The zero-order valence-corrected chi connectivity index (χ0v) is 11.8. The maximum Gasteiger partial charge on any atom is 0.220 e. The number of aromatic nitrogens is 1. The average Bonchev–Trinajstić information content (AvgIpc) is 3.14. The third-order valence-electron chi connectivity index (χ3n) is 3.88. The monoisotopic (exact) mass is 266 g/mol. The van der Waals surface area contributed by atoms with Gasteiger partial charge in [0.1, 0.15) is 5.76 Å². The molecule has 2 rings (SSSR count). The number of hydrogen-bond donors (Lipinski definition) is 2. The molecule has 0 bridgehead atoms. The predicted molar refractivity (Wildman–Crippen MR) is 70.7 cm³/mol. The van der Waals surface area contributed by atoms with Crippen LogP contribution in [0.3, 0.4) is 0 Å². The minimum atomic E-state index is -0.765. The second kappa shape index (κ2) is 5.33. The molecule has 1 heterocycles. The first-order valence-electron chi connectivity index (χ1n) is 6.81. The van der Waals surface area contributed by atoms with Crippen molar-refractivity contribution in [3.8, 4) is 0 Å². The second-order valence-corrected chi connectivity index (χ2v) is 5.71. The van der Waals surface area contributed by atoms with Gasteiger partial charge in [-0.15, -0.1) is 0 Å². The molecule has 5 nitrogen and oxygen atoms in total. The molecule has 1 aliphatic rings. The van der Waals surface area contributed by atoms with Crippen LogP contribution in [-0.4, -0.2) is 28.3 Å². The lowest BCUT2D eigenvalue weighted by molar-refractivity contribution is -0.122. The van der Waals surface area contributed by atoms with Crippen LogP contribution < -0.4 is 5.32 Å². The standard InChI is InChI=1S/C14H22N2O3/c1-9-12(10(2)19-16-9)6-7-13(17)15-8-14(3,18)11-4-5-11/h11,18H,4-8H2,1-3H3,(H,15,17)/t14-/m0/s1. The van der Waals surface area contributed by atoms with E-state index in [1.807, 2.05) is 13.8 Å². The van der Waals surface area contributed by atoms with Gasteiger partial charge in [0.25, 0.3) is 0 Å². The summed E-state index contributed by atoms with van der Waals surface area (Å²) in [6, 6.07) is 0. The van der Waals surface area contributed by atoms with Gasteiger partial charge in [0.05, 0.1) is 11.3 Å². The van der Waals surface area contributed by atoms with Crippen molar-refractivity contribution in [1.82, 2.24) is 10.5 Å². The first kappa shape index (κ1) is 14.1. The Bertz CT molecular complexity index is 442. The number of aliphatic hydroxyl groups is 1. The van der Waals surface area contributed by atoms with Gasteiger partial charge in [0.15, 0.2) is 0 Å². The van der Waals surface area contributed by atoms with Crippen molar-refractivity contribution in [2.45, 2.75) is 52.1 Å². The molecule has 1 saturated carbocycles. The normalized spacial score (nSPS) is 18.1. The molecular weight excluding hydrogens is 244 g/mol. The maximum atomic E-state index is 11.8. The molecule has 1 aliphatic carbocycles. The third-order valence-corrected chi connectivity index (χ3v) is 3.88.